The maximum absolute atomic E-state index is 3.66. The van der Waals surface area contributed by atoms with Crippen molar-refractivity contribution in [2.75, 3.05) is 0 Å². The van der Waals surface area contributed by atoms with E-state index in [1.54, 1.807) is 0 Å². The van der Waals surface area contributed by atoms with Crippen LogP contribution in [0.4, 0.5) is 0 Å². The van der Waals surface area contributed by atoms with Crippen LogP contribution < -0.4 is 4.57 Å². The average Bonchev–Trinajstić information content (AvgIpc) is 3.40. The van der Waals surface area contributed by atoms with E-state index in [4.69, 9.17) is 0 Å². The van der Waals surface area contributed by atoms with Crippen LogP contribution in [0.2, 0.25) is 0 Å². The van der Waals surface area contributed by atoms with E-state index in [0.29, 0.717) is 12.0 Å². The third-order valence-electron chi connectivity index (χ3n) is 8.76. The Labute approximate surface area is 234 Å². The zero-order chi connectivity index (χ0) is 26.8. The molecule has 1 N–H and O–H groups in total. The third kappa shape index (κ3) is 18.2. The first-order chi connectivity index (χ1) is 18.2. The van der Waals surface area contributed by atoms with Crippen molar-refractivity contribution in [1.82, 2.24) is 4.98 Å². The van der Waals surface area contributed by atoms with Gasteiger partial charge in [0.05, 0.1) is 12.0 Å². The molecule has 2 nitrogen and oxygen atoms in total. The van der Waals surface area contributed by atoms with Crippen molar-refractivity contribution >= 4 is 0 Å². The molecule has 218 valence electrons. The number of rotatable bonds is 28. The molecule has 0 aromatic carbocycles. The summed E-state index contributed by atoms with van der Waals surface area (Å²) in [7, 11) is 0. The Bertz CT molecular complexity index is 578. The highest BCUT2D eigenvalue weighted by Crippen LogP contribution is 2.27. The molecular formula is C35H69N2+. The lowest BCUT2D eigenvalue weighted by Gasteiger charge is -2.16. The highest BCUT2D eigenvalue weighted by Gasteiger charge is 2.24. The van der Waals surface area contributed by atoms with Gasteiger partial charge >= 0.3 is 0 Å². The maximum atomic E-state index is 3.66. The van der Waals surface area contributed by atoms with E-state index >= 15 is 0 Å². The van der Waals surface area contributed by atoms with Gasteiger partial charge in [0, 0.05) is 0 Å². The van der Waals surface area contributed by atoms with E-state index in [0.717, 1.165) is 0 Å². The summed E-state index contributed by atoms with van der Waals surface area (Å²) in [6, 6.07) is 0.600. The Hall–Kier alpha value is -0.790. The SMILES string of the molecule is CCCCCCCCCCCCCCCCCC(CCCCCCCCCC)c1[nH]cc[n+]1C(C)CC. The van der Waals surface area contributed by atoms with Gasteiger partial charge in [0.1, 0.15) is 12.4 Å². The predicted octanol–water partition coefficient (Wildman–Crippen LogP) is 12.1. The van der Waals surface area contributed by atoms with Gasteiger partial charge in [-0.3, -0.25) is 0 Å². The fourth-order valence-electron chi connectivity index (χ4n) is 5.97. The van der Waals surface area contributed by atoms with Gasteiger partial charge in [0.2, 0.25) is 0 Å². The fraction of sp³-hybridized carbons (Fsp3) is 0.914. The summed E-state index contributed by atoms with van der Waals surface area (Å²) in [4.78, 5) is 3.66. The number of nitrogens with one attached hydrogen (secondary N) is 1. The van der Waals surface area contributed by atoms with Crippen LogP contribution in [0, 0.1) is 0 Å². The Morgan fingerprint density at radius 1 is 0.541 bits per heavy atom. The zero-order valence-corrected chi connectivity index (χ0v) is 26.1. The van der Waals surface area contributed by atoms with Crippen molar-refractivity contribution in [2.45, 2.75) is 207 Å². The van der Waals surface area contributed by atoms with Gasteiger partial charge in [0.25, 0.3) is 5.82 Å². The minimum absolute atomic E-state index is 0.600. The number of aromatic nitrogens is 2. The minimum atomic E-state index is 0.600. The maximum Gasteiger partial charge on any atom is 0.257 e. The molecule has 1 aromatic rings. The molecule has 0 aliphatic carbocycles. The lowest BCUT2D eigenvalue weighted by Crippen LogP contribution is -2.40. The van der Waals surface area contributed by atoms with Crippen molar-refractivity contribution < 1.29 is 4.57 Å². The van der Waals surface area contributed by atoms with Crippen LogP contribution in [0.15, 0.2) is 12.4 Å². The molecule has 1 heterocycles. The second-order valence-electron chi connectivity index (χ2n) is 12.2. The number of nitrogens with zero attached hydrogens (tertiary/aromatic N) is 1. The van der Waals surface area contributed by atoms with Crippen LogP contribution in [0.1, 0.15) is 212 Å². The van der Waals surface area contributed by atoms with Crippen LogP contribution >= 0.6 is 0 Å². The first kappa shape index (κ1) is 34.2. The summed E-state index contributed by atoms with van der Waals surface area (Å²) in [5.41, 5.74) is 0. The van der Waals surface area contributed by atoms with E-state index in [2.05, 4.69) is 49.6 Å². The number of hydrogen-bond donors (Lipinski definition) is 1. The molecule has 0 aliphatic heterocycles. The van der Waals surface area contributed by atoms with Crippen LogP contribution in [0.3, 0.4) is 0 Å². The van der Waals surface area contributed by atoms with Gasteiger partial charge < -0.3 is 0 Å². The Morgan fingerprint density at radius 3 is 1.24 bits per heavy atom. The number of aromatic amines is 1. The molecule has 0 saturated heterocycles. The lowest BCUT2D eigenvalue weighted by molar-refractivity contribution is -0.726. The quantitative estimate of drug-likeness (QED) is 0.0842. The number of H-pyrrole nitrogens is 1. The smallest absolute Gasteiger partial charge is 0.247 e. The molecule has 0 aliphatic rings. The molecule has 2 unspecified atom stereocenters. The molecule has 0 radical (unpaired) electrons. The summed E-state index contributed by atoms with van der Waals surface area (Å²) in [6.07, 6.45) is 41.5. The van der Waals surface area contributed by atoms with Crippen molar-refractivity contribution in [2.24, 2.45) is 0 Å². The van der Waals surface area contributed by atoms with Crippen molar-refractivity contribution in [3.63, 3.8) is 0 Å². The molecule has 0 amide bonds. The Balaban J connectivity index is 2.20. The Morgan fingerprint density at radius 2 is 0.892 bits per heavy atom. The van der Waals surface area contributed by atoms with E-state index in [1.165, 1.54) is 173 Å². The van der Waals surface area contributed by atoms with Crippen molar-refractivity contribution in [1.29, 1.82) is 0 Å². The average molecular weight is 518 g/mol. The molecule has 1 rings (SSSR count). The highest BCUT2D eigenvalue weighted by atomic mass is 15.1. The first-order valence-corrected chi connectivity index (χ1v) is 17.3. The Kier molecular flexibility index (Phi) is 23.6. The molecular weight excluding hydrogens is 448 g/mol. The first-order valence-electron chi connectivity index (χ1n) is 17.3. The summed E-state index contributed by atoms with van der Waals surface area (Å²) >= 11 is 0. The summed E-state index contributed by atoms with van der Waals surface area (Å²) in [6.45, 7) is 9.31. The molecule has 37 heavy (non-hydrogen) atoms. The summed E-state index contributed by atoms with van der Waals surface area (Å²) < 4.78 is 2.54. The normalized spacial score (nSPS) is 13.3. The number of unbranched alkanes of at least 4 members (excludes halogenated alkanes) is 21. The molecule has 1 aromatic heterocycles. The van der Waals surface area contributed by atoms with Crippen molar-refractivity contribution in [3.05, 3.63) is 18.2 Å². The molecule has 0 saturated carbocycles. The van der Waals surface area contributed by atoms with Gasteiger partial charge in [-0.25, -0.2) is 9.55 Å². The highest BCUT2D eigenvalue weighted by molar-refractivity contribution is 4.90. The molecule has 0 spiro atoms. The van der Waals surface area contributed by atoms with Crippen LogP contribution in [-0.4, -0.2) is 4.98 Å². The monoisotopic (exact) mass is 518 g/mol. The van der Waals surface area contributed by atoms with Crippen LogP contribution in [0.25, 0.3) is 0 Å². The number of hydrogen-bond acceptors (Lipinski definition) is 0. The zero-order valence-electron chi connectivity index (χ0n) is 26.1. The van der Waals surface area contributed by atoms with Crippen LogP contribution in [-0.2, 0) is 0 Å². The van der Waals surface area contributed by atoms with Gasteiger partial charge in [-0.1, -0.05) is 168 Å². The number of imidazole rings is 1. The summed E-state index contributed by atoms with van der Waals surface area (Å²) in [5, 5.41) is 0. The topological polar surface area (TPSA) is 19.7 Å². The molecule has 2 atom stereocenters. The van der Waals surface area contributed by atoms with E-state index < -0.39 is 0 Å². The summed E-state index contributed by atoms with van der Waals surface area (Å²) in [5.74, 6) is 2.22. The van der Waals surface area contributed by atoms with Crippen molar-refractivity contribution in [3.8, 4) is 0 Å². The van der Waals surface area contributed by atoms with E-state index in [1.807, 2.05) is 0 Å². The van der Waals surface area contributed by atoms with Gasteiger partial charge in [0.15, 0.2) is 0 Å². The van der Waals surface area contributed by atoms with Gasteiger partial charge in [-0.05, 0) is 26.2 Å². The molecule has 2 heteroatoms. The lowest BCUT2D eigenvalue weighted by atomic mass is 9.93. The predicted molar refractivity (Wildman–Crippen MR) is 166 cm³/mol. The molecule has 0 bridgehead atoms. The van der Waals surface area contributed by atoms with E-state index in [9.17, 15) is 0 Å². The third-order valence-corrected chi connectivity index (χ3v) is 8.76. The largest absolute Gasteiger partial charge is 0.257 e. The minimum Gasteiger partial charge on any atom is -0.247 e. The van der Waals surface area contributed by atoms with E-state index in [-0.39, 0.29) is 0 Å². The second-order valence-corrected chi connectivity index (χ2v) is 12.2. The molecule has 0 fully saturated rings. The van der Waals surface area contributed by atoms with Crippen LogP contribution in [0.5, 0.6) is 0 Å². The van der Waals surface area contributed by atoms with Gasteiger partial charge in [-0.2, -0.15) is 0 Å². The second kappa shape index (κ2) is 25.5. The van der Waals surface area contributed by atoms with Gasteiger partial charge in [-0.15, -0.1) is 0 Å². The standard InChI is InChI=1S/C35H68N2/c1-5-8-10-12-14-16-17-18-19-20-21-22-24-26-28-30-34(29-27-25-23-15-13-11-9-6-2)35-36-31-32-37(35)33(4)7-3/h31-34H,5-30H2,1-4H3/p+1. The fourth-order valence-corrected chi connectivity index (χ4v) is 5.97.